The van der Waals surface area contributed by atoms with E-state index < -0.39 is 0 Å². The van der Waals surface area contributed by atoms with Crippen LogP contribution in [0.4, 0.5) is 0 Å². The third kappa shape index (κ3) is 1.67. The predicted octanol–water partition coefficient (Wildman–Crippen LogP) is 2.28. The van der Waals surface area contributed by atoms with Crippen LogP contribution in [0.2, 0.25) is 0 Å². The molecule has 0 amide bonds. The monoisotopic (exact) mass is 162 g/mol. The van der Waals surface area contributed by atoms with Gasteiger partial charge >= 0.3 is 0 Å². The van der Waals surface area contributed by atoms with Crippen molar-refractivity contribution in [3.05, 3.63) is 35.9 Å². The lowest BCUT2D eigenvalue weighted by atomic mass is 9.93. The summed E-state index contributed by atoms with van der Waals surface area (Å²) in [6.07, 6.45) is 0. The van der Waals surface area contributed by atoms with E-state index in [0.717, 1.165) is 0 Å². The molecule has 1 heteroatoms. The lowest BCUT2D eigenvalue weighted by Crippen LogP contribution is -2.35. The SMILES string of the molecule is CN(C)C(C)(C)c1c[c]ccc1. The van der Waals surface area contributed by atoms with Crippen LogP contribution in [0.1, 0.15) is 19.4 Å². The fraction of sp³-hybridized carbons (Fsp3) is 0.455. The van der Waals surface area contributed by atoms with Crippen LogP contribution in [0, 0.1) is 6.07 Å². The lowest BCUT2D eigenvalue weighted by Gasteiger charge is -2.32. The van der Waals surface area contributed by atoms with E-state index >= 15 is 0 Å². The minimum absolute atomic E-state index is 0.0950. The Kier molecular flexibility index (Phi) is 2.53. The summed E-state index contributed by atoms with van der Waals surface area (Å²) >= 11 is 0. The zero-order valence-corrected chi connectivity index (χ0v) is 8.26. The maximum Gasteiger partial charge on any atom is 0.0398 e. The van der Waals surface area contributed by atoms with Gasteiger partial charge in [0.2, 0.25) is 0 Å². The van der Waals surface area contributed by atoms with Gasteiger partial charge in [0, 0.05) is 5.54 Å². The van der Waals surface area contributed by atoms with Crippen molar-refractivity contribution in [2.24, 2.45) is 0 Å². The standard InChI is InChI=1S/C11H16N/c1-11(2,12(3)4)10-8-6-5-7-9-10/h5-6,8-9H,1-4H3. The average Bonchev–Trinajstić information content (AvgIpc) is 2.06. The van der Waals surface area contributed by atoms with E-state index in [4.69, 9.17) is 0 Å². The highest BCUT2D eigenvalue weighted by molar-refractivity contribution is 5.21. The first kappa shape index (κ1) is 9.27. The van der Waals surface area contributed by atoms with Crippen LogP contribution in [0.25, 0.3) is 0 Å². The van der Waals surface area contributed by atoms with Gasteiger partial charge in [-0.1, -0.05) is 18.2 Å². The quantitative estimate of drug-likeness (QED) is 0.645. The second-order valence-electron chi connectivity index (χ2n) is 3.75. The second kappa shape index (κ2) is 3.28. The third-order valence-electron chi connectivity index (χ3n) is 2.53. The van der Waals surface area contributed by atoms with Gasteiger partial charge in [-0.15, -0.1) is 0 Å². The normalized spacial score (nSPS) is 12.1. The molecular formula is C11H16N. The van der Waals surface area contributed by atoms with Crippen molar-refractivity contribution in [2.45, 2.75) is 19.4 Å². The summed E-state index contributed by atoms with van der Waals surface area (Å²) in [6, 6.07) is 11.2. The van der Waals surface area contributed by atoms with Gasteiger partial charge in [0.25, 0.3) is 0 Å². The number of rotatable bonds is 2. The summed E-state index contributed by atoms with van der Waals surface area (Å²) in [4.78, 5) is 2.20. The molecule has 65 valence electrons. The molecule has 0 unspecified atom stereocenters. The first-order chi connectivity index (χ1) is 5.55. The Morgan fingerprint density at radius 1 is 1.33 bits per heavy atom. The van der Waals surface area contributed by atoms with Gasteiger partial charge in [0.05, 0.1) is 0 Å². The second-order valence-corrected chi connectivity index (χ2v) is 3.75. The molecule has 12 heavy (non-hydrogen) atoms. The van der Waals surface area contributed by atoms with Gasteiger partial charge in [0.15, 0.2) is 0 Å². The average molecular weight is 162 g/mol. The zero-order chi connectivity index (χ0) is 9.19. The van der Waals surface area contributed by atoms with E-state index in [1.165, 1.54) is 5.56 Å². The summed E-state index contributed by atoms with van der Waals surface area (Å²) in [7, 11) is 4.18. The van der Waals surface area contributed by atoms with E-state index in [9.17, 15) is 0 Å². The minimum atomic E-state index is 0.0950. The molecule has 0 bridgehead atoms. The molecule has 0 N–H and O–H groups in total. The van der Waals surface area contributed by atoms with Gasteiger partial charge in [-0.3, -0.25) is 0 Å². The van der Waals surface area contributed by atoms with Crippen LogP contribution in [0.3, 0.4) is 0 Å². The van der Waals surface area contributed by atoms with Crippen LogP contribution in [0.5, 0.6) is 0 Å². The lowest BCUT2D eigenvalue weighted by molar-refractivity contribution is 0.197. The van der Waals surface area contributed by atoms with Crippen molar-refractivity contribution in [1.82, 2.24) is 4.90 Å². The van der Waals surface area contributed by atoms with Gasteiger partial charge in [0.1, 0.15) is 0 Å². The highest BCUT2D eigenvalue weighted by Gasteiger charge is 2.21. The molecule has 1 nitrogen and oxygen atoms in total. The summed E-state index contributed by atoms with van der Waals surface area (Å²) in [5.74, 6) is 0. The Balaban J connectivity index is 2.98. The van der Waals surface area contributed by atoms with Crippen LogP contribution in [-0.2, 0) is 5.54 Å². The molecule has 0 atom stereocenters. The molecule has 1 aromatic rings. The maximum atomic E-state index is 3.10. The number of nitrogens with zero attached hydrogens (tertiary/aromatic N) is 1. The first-order valence-corrected chi connectivity index (χ1v) is 4.19. The smallest absolute Gasteiger partial charge is 0.0398 e. The maximum absolute atomic E-state index is 3.10. The van der Waals surface area contributed by atoms with Crippen molar-refractivity contribution < 1.29 is 0 Å². The fourth-order valence-electron chi connectivity index (χ4n) is 1.03. The topological polar surface area (TPSA) is 3.24 Å². The van der Waals surface area contributed by atoms with Crippen LogP contribution < -0.4 is 0 Å². The van der Waals surface area contributed by atoms with Crippen molar-refractivity contribution >= 4 is 0 Å². The molecule has 0 aromatic heterocycles. The molecule has 0 aliphatic rings. The Morgan fingerprint density at radius 2 is 2.00 bits per heavy atom. The number of hydrogen-bond acceptors (Lipinski definition) is 1. The van der Waals surface area contributed by atoms with Crippen LogP contribution in [-0.4, -0.2) is 19.0 Å². The number of benzene rings is 1. The van der Waals surface area contributed by atoms with Crippen molar-refractivity contribution in [1.29, 1.82) is 0 Å². The molecule has 0 saturated carbocycles. The Morgan fingerprint density at radius 3 is 2.42 bits per heavy atom. The fourth-order valence-corrected chi connectivity index (χ4v) is 1.03. The van der Waals surface area contributed by atoms with Crippen molar-refractivity contribution in [3.63, 3.8) is 0 Å². The molecule has 1 rings (SSSR count). The highest BCUT2D eigenvalue weighted by atomic mass is 15.1. The molecular weight excluding hydrogens is 146 g/mol. The summed E-state index contributed by atoms with van der Waals surface area (Å²) < 4.78 is 0. The van der Waals surface area contributed by atoms with Gasteiger partial charge < -0.3 is 4.90 Å². The first-order valence-electron chi connectivity index (χ1n) is 4.19. The molecule has 0 aliphatic carbocycles. The Labute approximate surface area is 75.0 Å². The van der Waals surface area contributed by atoms with Crippen LogP contribution >= 0.6 is 0 Å². The predicted molar refractivity (Wildman–Crippen MR) is 52.0 cm³/mol. The van der Waals surface area contributed by atoms with Gasteiger partial charge in [-0.05, 0) is 45.6 Å². The molecule has 0 saturated heterocycles. The van der Waals surface area contributed by atoms with Gasteiger partial charge in [-0.25, -0.2) is 0 Å². The molecule has 0 aliphatic heterocycles. The summed E-state index contributed by atoms with van der Waals surface area (Å²) in [5.41, 5.74) is 1.40. The van der Waals surface area contributed by atoms with Crippen molar-refractivity contribution in [3.8, 4) is 0 Å². The van der Waals surface area contributed by atoms with E-state index in [1.54, 1.807) is 0 Å². The molecule has 0 heterocycles. The Bertz CT molecular complexity index is 236. The molecule has 1 radical (unpaired) electrons. The van der Waals surface area contributed by atoms with E-state index in [0.29, 0.717) is 0 Å². The summed E-state index contributed by atoms with van der Waals surface area (Å²) in [6.45, 7) is 4.41. The summed E-state index contributed by atoms with van der Waals surface area (Å²) in [5, 5.41) is 0. The Hall–Kier alpha value is -0.820. The highest BCUT2D eigenvalue weighted by Crippen LogP contribution is 2.24. The molecule has 1 aromatic carbocycles. The van der Waals surface area contributed by atoms with E-state index in [-0.39, 0.29) is 5.54 Å². The molecule has 0 spiro atoms. The van der Waals surface area contributed by atoms with Crippen molar-refractivity contribution in [2.75, 3.05) is 14.1 Å². The largest absolute Gasteiger partial charge is 0.300 e. The third-order valence-corrected chi connectivity index (χ3v) is 2.53. The number of hydrogen-bond donors (Lipinski definition) is 0. The van der Waals surface area contributed by atoms with Gasteiger partial charge in [-0.2, -0.15) is 0 Å². The minimum Gasteiger partial charge on any atom is -0.300 e. The zero-order valence-electron chi connectivity index (χ0n) is 8.26. The molecule has 0 fully saturated rings. The van der Waals surface area contributed by atoms with Crippen LogP contribution in [0.15, 0.2) is 24.3 Å². The van der Waals surface area contributed by atoms with E-state index in [2.05, 4.69) is 45.0 Å². The van der Waals surface area contributed by atoms with E-state index in [1.807, 2.05) is 18.2 Å².